The Morgan fingerprint density at radius 1 is 1.44 bits per heavy atom. The second-order valence-corrected chi connectivity index (χ2v) is 5.98. The highest BCUT2D eigenvalue weighted by atomic mass is 79.9. The van der Waals surface area contributed by atoms with Gasteiger partial charge in [0, 0.05) is 9.85 Å². The first-order chi connectivity index (χ1) is 8.54. The maximum Gasteiger partial charge on any atom is 0.230 e. The third-order valence-corrected chi connectivity index (χ3v) is 3.89. The zero-order chi connectivity index (χ0) is 13.1. The lowest BCUT2D eigenvalue weighted by Gasteiger charge is -2.07. The van der Waals surface area contributed by atoms with Gasteiger partial charge in [0.1, 0.15) is 0 Å². The second kappa shape index (κ2) is 5.63. The Morgan fingerprint density at radius 3 is 2.83 bits per heavy atom. The molecule has 1 aromatic heterocycles. The summed E-state index contributed by atoms with van der Waals surface area (Å²) in [7, 11) is 0. The third kappa shape index (κ3) is 3.40. The Kier molecular flexibility index (Phi) is 4.14. The molecule has 0 bridgehead atoms. The topological polar surface area (TPSA) is 42.0 Å². The molecular formula is C13H13BrN2OS. The number of hydrogen-bond donors (Lipinski definition) is 1. The molecule has 0 unspecified atom stereocenters. The Labute approximate surface area is 118 Å². The molecule has 1 heterocycles. The van der Waals surface area contributed by atoms with Crippen molar-refractivity contribution in [1.82, 2.24) is 4.98 Å². The molecule has 2 aromatic rings. The standard InChI is InChI=1S/C13H13BrN2OS/c1-8-3-4-12(11(14)5-8)16-13(17)6-10-7-18-9(2)15-10/h3-5,7H,6H2,1-2H3,(H,16,17). The number of anilines is 1. The van der Waals surface area contributed by atoms with E-state index in [2.05, 4.69) is 26.2 Å². The maximum atomic E-state index is 11.9. The van der Waals surface area contributed by atoms with Crippen LogP contribution in [0.5, 0.6) is 0 Å². The van der Waals surface area contributed by atoms with Gasteiger partial charge in [-0.1, -0.05) is 6.07 Å². The smallest absolute Gasteiger partial charge is 0.230 e. The largest absolute Gasteiger partial charge is 0.325 e. The number of aryl methyl sites for hydroxylation is 2. The Morgan fingerprint density at radius 2 is 2.22 bits per heavy atom. The van der Waals surface area contributed by atoms with Crippen molar-refractivity contribution < 1.29 is 4.79 Å². The summed E-state index contributed by atoms with van der Waals surface area (Å²) in [5, 5.41) is 5.77. The zero-order valence-electron chi connectivity index (χ0n) is 10.2. The van der Waals surface area contributed by atoms with Crippen LogP contribution in [0.1, 0.15) is 16.3 Å². The molecule has 1 amide bonds. The van der Waals surface area contributed by atoms with E-state index < -0.39 is 0 Å². The molecule has 0 aliphatic rings. The molecule has 0 atom stereocenters. The molecule has 3 nitrogen and oxygen atoms in total. The van der Waals surface area contributed by atoms with Crippen LogP contribution in [0.2, 0.25) is 0 Å². The average Bonchev–Trinajstić information content (AvgIpc) is 2.68. The van der Waals surface area contributed by atoms with Gasteiger partial charge in [0.25, 0.3) is 0 Å². The predicted octanol–water partition coefficient (Wildman–Crippen LogP) is 3.70. The molecule has 1 N–H and O–H groups in total. The summed E-state index contributed by atoms with van der Waals surface area (Å²) in [4.78, 5) is 16.1. The monoisotopic (exact) mass is 324 g/mol. The molecule has 2 rings (SSSR count). The minimum Gasteiger partial charge on any atom is -0.325 e. The van der Waals surface area contributed by atoms with Gasteiger partial charge in [-0.15, -0.1) is 11.3 Å². The molecule has 18 heavy (non-hydrogen) atoms. The predicted molar refractivity (Wildman–Crippen MR) is 78.1 cm³/mol. The van der Waals surface area contributed by atoms with E-state index in [1.165, 1.54) is 0 Å². The zero-order valence-corrected chi connectivity index (χ0v) is 12.6. The first kappa shape index (κ1) is 13.2. The first-order valence-corrected chi connectivity index (χ1v) is 7.19. The van der Waals surface area contributed by atoms with Crippen LogP contribution in [-0.2, 0) is 11.2 Å². The molecule has 5 heteroatoms. The van der Waals surface area contributed by atoms with Gasteiger partial charge in [-0.05, 0) is 47.5 Å². The minimum absolute atomic E-state index is 0.0511. The quantitative estimate of drug-likeness (QED) is 0.935. The molecule has 0 radical (unpaired) electrons. The van der Waals surface area contributed by atoms with E-state index in [4.69, 9.17) is 0 Å². The number of carbonyl (C=O) groups excluding carboxylic acids is 1. The molecule has 94 valence electrons. The van der Waals surface area contributed by atoms with Crippen LogP contribution in [0.15, 0.2) is 28.1 Å². The summed E-state index contributed by atoms with van der Waals surface area (Å²) in [5.74, 6) is -0.0511. The van der Waals surface area contributed by atoms with Crippen molar-refractivity contribution >= 4 is 38.9 Å². The summed E-state index contributed by atoms with van der Waals surface area (Å²) >= 11 is 4.99. The van der Waals surface area contributed by atoms with E-state index in [-0.39, 0.29) is 5.91 Å². The number of halogens is 1. The van der Waals surface area contributed by atoms with Gasteiger partial charge >= 0.3 is 0 Å². The summed E-state index contributed by atoms with van der Waals surface area (Å²) in [6.45, 7) is 3.94. The Balaban J connectivity index is 2.03. The highest BCUT2D eigenvalue weighted by Gasteiger charge is 2.08. The fourth-order valence-corrected chi connectivity index (χ4v) is 2.77. The van der Waals surface area contributed by atoms with Crippen molar-refractivity contribution in [2.75, 3.05) is 5.32 Å². The van der Waals surface area contributed by atoms with Crippen LogP contribution >= 0.6 is 27.3 Å². The van der Waals surface area contributed by atoms with Crippen molar-refractivity contribution in [3.05, 3.63) is 44.3 Å². The molecule has 0 aliphatic carbocycles. The fraction of sp³-hybridized carbons (Fsp3) is 0.231. The van der Waals surface area contributed by atoms with Crippen molar-refractivity contribution in [3.63, 3.8) is 0 Å². The molecule has 0 saturated carbocycles. The number of carbonyl (C=O) groups is 1. The highest BCUT2D eigenvalue weighted by Crippen LogP contribution is 2.23. The number of hydrogen-bond acceptors (Lipinski definition) is 3. The van der Waals surface area contributed by atoms with Gasteiger partial charge in [0.15, 0.2) is 0 Å². The van der Waals surface area contributed by atoms with Gasteiger partial charge in [-0.25, -0.2) is 4.98 Å². The molecule has 0 spiro atoms. The van der Waals surface area contributed by atoms with Crippen molar-refractivity contribution in [2.24, 2.45) is 0 Å². The summed E-state index contributed by atoms with van der Waals surface area (Å²) < 4.78 is 0.894. The van der Waals surface area contributed by atoms with Crippen molar-refractivity contribution in [2.45, 2.75) is 20.3 Å². The van der Waals surface area contributed by atoms with Crippen LogP contribution < -0.4 is 5.32 Å². The Bertz CT molecular complexity index is 580. The van der Waals surface area contributed by atoms with Crippen LogP contribution in [0.4, 0.5) is 5.69 Å². The number of rotatable bonds is 3. The van der Waals surface area contributed by atoms with Crippen LogP contribution in [0, 0.1) is 13.8 Å². The number of benzene rings is 1. The lowest BCUT2D eigenvalue weighted by atomic mass is 10.2. The molecular weight excluding hydrogens is 312 g/mol. The van der Waals surface area contributed by atoms with Gasteiger partial charge in [-0.2, -0.15) is 0 Å². The van der Waals surface area contributed by atoms with Gasteiger partial charge in [0.2, 0.25) is 5.91 Å². The summed E-state index contributed by atoms with van der Waals surface area (Å²) in [6.07, 6.45) is 0.310. The van der Waals surface area contributed by atoms with Crippen molar-refractivity contribution in [3.8, 4) is 0 Å². The van der Waals surface area contributed by atoms with Crippen molar-refractivity contribution in [1.29, 1.82) is 0 Å². The number of nitrogens with zero attached hydrogens (tertiary/aromatic N) is 1. The van der Waals surface area contributed by atoms with E-state index in [1.807, 2.05) is 37.4 Å². The van der Waals surface area contributed by atoms with E-state index in [0.717, 1.165) is 26.4 Å². The first-order valence-electron chi connectivity index (χ1n) is 5.51. The molecule has 0 saturated heterocycles. The van der Waals surface area contributed by atoms with Crippen LogP contribution in [0.3, 0.4) is 0 Å². The van der Waals surface area contributed by atoms with Gasteiger partial charge in [-0.3, -0.25) is 4.79 Å². The maximum absolute atomic E-state index is 11.9. The average molecular weight is 325 g/mol. The van der Waals surface area contributed by atoms with E-state index >= 15 is 0 Å². The highest BCUT2D eigenvalue weighted by molar-refractivity contribution is 9.10. The Hall–Kier alpha value is -1.20. The SMILES string of the molecule is Cc1ccc(NC(=O)Cc2csc(C)n2)c(Br)c1. The molecule has 0 fully saturated rings. The van der Waals surface area contributed by atoms with Gasteiger partial charge in [0.05, 0.1) is 22.8 Å². The second-order valence-electron chi connectivity index (χ2n) is 4.07. The summed E-state index contributed by atoms with van der Waals surface area (Å²) in [6, 6.07) is 5.83. The summed E-state index contributed by atoms with van der Waals surface area (Å²) in [5.41, 5.74) is 2.76. The molecule has 1 aromatic carbocycles. The van der Waals surface area contributed by atoms with E-state index in [1.54, 1.807) is 11.3 Å². The molecule has 0 aliphatic heterocycles. The van der Waals surface area contributed by atoms with E-state index in [9.17, 15) is 4.79 Å². The lowest BCUT2D eigenvalue weighted by molar-refractivity contribution is -0.115. The minimum atomic E-state index is -0.0511. The van der Waals surface area contributed by atoms with Crippen LogP contribution in [-0.4, -0.2) is 10.9 Å². The van der Waals surface area contributed by atoms with Crippen LogP contribution in [0.25, 0.3) is 0 Å². The third-order valence-electron chi connectivity index (χ3n) is 2.41. The number of thiazole rings is 1. The van der Waals surface area contributed by atoms with Gasteiger partial charge < -0.3 is 5.32 Å². The number of amides is 1. The van der Waals surface area contributed by atoms with E-state index in [0.29, 0.717) is 6.42 Å². The normalized spacial score (nSPS) is 10.4. The fourth-order valence-electron chi connectivity index (χ4n) is 1.57. The number of aromatic nitrogens is 1. The number of nitrogens with one attached hydrogen (secondary N) is 1. The lowest BCUT2D eigenvalue weighted by Crippen LogP contribution is -2.15.